The molecule has 2 aromatic carbocycles. The van der Waals surface area contributed by atoms with Gasteiger partial charge in [-0.25, -0.2) is 0 Å². The summed E-state index contributed by atoms with van der Waals surface area (Å²) in [6, 6.07) is 12.8. The zero-order valence-electron chi connectivity index (χ0n) is 13.0. The predicted molar refractivity (Wildman–Crippen MR) is 93.6 cm³/mol. The minimum atomic E-state index is -0.139. The van der Waals surface area contributed by atoms with Gasteiger partial charge in [0.05, 0.1) is 13.2 Å². The Balaban J connectivity index is 1.72. The molecule has 3 rings (SSSR count). The topological polar surface area (TPSA) is 41.6 Å². The summed E-state index contributed by atoms with van der Waals surface area (Å²) in [7, 11) is 0. The Labute approximate surface area is 141 Å². The Kier molecular flexibility index (Phi) is 4.84. The summed E-state index contributed by atoms with van der Waals surface area (Å²) in [6.45, 7) is 5.38. The van der Waals surface area contributed by atoms with Crippen LogP contribution in [0.4, 0.5) is 11.4 Å². The van der Waals surface area contributed by atoms with E-state index in [2.05, 4.69) is 23.2 Å². The molecular weight excluding hydrogens is 312 g/mol. The summed E-state index contributed by atoms with van der Waals surface area (Å²) < 4.78 is 5.39. The molecule has 2 aromatic rings. The number of hydrogen-bond donors (Lipinski definition) is 1. The number of carbonyl (C=O) groups is 1. The Hall–Kier alpha value is -2.04. The average Bonchev–Trinajstić information content (AvgIpc) is 2.56. The number of ether oxygens (including phenoxy) is 1. The van der Waals surface area contributed by atoms with Crippen LogP contribution in [0.3, 0.4) is 0 Å². The lowest BCUT2D eigenvalue weighted by Crippen LogP contribution is -2.36. The molecule has 1 heterocycles. The second-order valence-electron chi connectivity index (χ2n) is 5.56. The minimum Gasteiger partial charge on any atom is -0.378 e. The van der Waals surface area contributed by atoms with Crippen LogP contribution in [0, 0.1) is 6.92 Å². The second-order valence-corrected chi connectivity index (χ2v) is 6.00. The van der Waals surface area contributed by atoms with Gasteiger partial charge in [-0.05, 0) is 55.0 Å². The van der Waals surface area contributed by atoms with Crippen LogP contribution in [0.5, 0.6) is 0 Å². The van der Waals surface area contributed by atoms with Gasteiger partial charge in [-0.15, -0.1) is 0 Å². The van der Waals surface area contributed by atoms with E-state index in [4.69, 9.17) is 16.3 Å². The zero-order valence-corrected chi connectivity index (χ0v) is 13.8. The number of carbonyl (C=O) groups excluding carboxylic acids is 1. The molecule has 0 atom stereocenters. The first-order chi connectivity index (χ1) is 11.1. The van der Waals surface area contributed by atoms with Crippen LogP contribution < -0.4 is 10.2 Å². The van der Waals surface area contributed by atoms with Crippen LogP contribution in [0.25, 0.3) is 0 Å². The van der Waals surface area contributed by atoms with Crippen LogP contribution in [0.2, 0.25) is 5.02 Å². The van der Waals surface area contributed by atoms with Gasteiger partial charge in [0, 0.05) is 35.1 Å². The second kappa shape index (κ2) is 7.02. The van der Waals surface area contributed by atoms with E-state index in [9.17, 15) is 4.79 Å². The van der Waals surface area contributed by atoms with Crippen molar-refractivity contribution in [1.82, 2.24) is 0 Å². The Morgan fingerprint density at radius 3 is 2.48 bits per heavy atom. The van der Waals surface area contributed by atoms with Gasteiger partial charge in [-0.2, -0.15) is 0 Å². The van der Waals surface area contributed by atoms with E-state index in [1.165, 1.54) is 5.69 Å². The number of amides is 1. The number of anilines is 2. The van der Waals surface area contributed by atoms with Crippen LogP contribution in [-0.4, -0.2) is 32.2 Å². The van der Waals surface area contributed by atoms with Crippen molar-refractivity contribution < 1.29 is 9.53 Å². The first-order valence-corrected chi connectivity index (χ1v) is 8.01. The highest BCUT2D eigenvalue weighted by Crippen LogP contribution is 2.24. The van der Waals surface area contributed by atoms with Gasteiger partial charge in [-0.1, -0.05) is 11.6 Å². The van der Waals surface area contributed by atoms with Crippen molar-refractivity contribution in [2.45, 2.75) is 6.92 Å². The molecule has 5 heteroatoms. The molecule has 1 saturated heterocycles. The molecule has 0 radical (unpaired) electrons. The molecule has 0 saturated carbocycles. The first kappa shape index (κ1) is 15.8. The van der Waals surface area contributed by atoms with Crippen molar-refractivity contribution in [3.8, 4) is 0 Å². The van der Waals surface area contributed by atoms with E-state index in [-0.39, 0.29) is 5.91 Å². The Bertz CT molecular complexity index is 695. The van der Waals surface area contributed by atoms with Crippen LogP contribution in [0.15, 0.2) is 42.5 Å². The van der Waals surface area contributed by atoms with E-state index in [0.29, 0.717) is 10.6 Å². The summed E-state index contributed by atoms with van der Waals surface area (Å²) in [6.07, 6.45) is 0. The third-order valence-electron chi connectivity index (χ3n) is 3.91. The number of nitrogens with zero attached hydrogens (tertiary/aromatic N) is 1. The number of nitrogens with one attached hydrogen (secondary N) is 1. The molecule has 0 aliphatic carbocycles. The lowest BCUT2D eigenvalue weighted by molar-refractivity contribution is 0.102. The molecule has 1 amide bonds. The molecule has 4 nitrogen and oxygen atoms in total. The number of aryl methyl sites for hydroxylation is 1. The summed E-state index contributed by atoms with van der Waals surface area (Å²) in [4.78, 5) is 14.6. The number of morpholine rings is 1. The normalized spacial score (nSPS) is 14.6. The Morgan fingerprint density at radius 2 is 1.83 bits per heavy atom. The van der Waals surface area contributed by atoms with E-state index in [1.54, 1.807) is 24.3 Å². The van der Waals surface area contributed by atoms with Crippen LogP contribution in [0.1, 0.15) is 15.9 Å². The predicted octanol–water partition coefficient (Wildman–Crippen LogP) is 3.74. The number of rotatable bonds is 3. The molecule has 23 heavy (non-hydrogen) atoms. The first-order valence-electron chi connectivity index (χ1n) is 7.64. The maximum atomic E-state index is 12.2. The maximum absolute atomic E-state index is 12.2. The van der Waals surface area contributed by atoms with Gasteiger partial charge in [0.1, 0.15) is 0 Å². The zero-order chi connectivity index (χ0) is 16.2. The third-order valence-corrected chi connectivity index (χ3v) is 4.16. The standard InChI is InChI=1S/C18H19ClN2O2/c1-13-12-16(6-7-17(13)21-8-10-23-11-9-21)20-18(22)14-2-4-15(19)5-3-14/h2-7,12H,8-11H2,1H3,(H,20,22). The smallest absolute Gasteiger partial charge is 0.255 e. The van der Waals surface area contributed by atoms with Gasteiger partial charge in [-0.3, -0.25) is 4.79 Å². The molecule has 1 fully saturated rings. The van der Waals surface area contributed by atoms with Gasteiger partial charge >= 0.3 is 0 Å². The quantitative estimate of drug-likeness (QED) is 0.932. The fraction of sp³-hybridized carbons (Fsp3) is 0.278. The van der Waals surface area contributed by atoms with Crippen molar-refractivity contribution >= 4 is 28.9 Å². The largest absolute Gasteiger partial charge is 0.378 e. The highest BCUT2D eigenvalue weighted by Gasteiger charge is 2.14. The lowest BCUT2D eigenvalue weighted by Gasteiger charge is -2.30. The van der Waals surface area contributed by atoms with E-state index < -0.39 is 0 Å². The van der Waals surface area contributed by atoms with Crippen LogP contribution in [-0.2, 0) is 4.74 Å². The van der Waals surface area contributed by atoms with Crippen LogP contribution >= 0.6 is 11.6 Å². The van der Waals surface area contributed by atoms with Gasteiger partial charge in [0.2, 0.25) is 0 Å². The third kappa shape index (κ3) is 3.84. The summed E-state index contributed by atoms with van der Waals surface area (Å²) in [5.41, 5.74) is 3.71. The van der Waals surface area contributed by atoms with Gasteiger partial charge in [0.15, 0.2) is 0 Å². The van der Waals surface area contributed by atoms with E-state index >= 15 is 0 Å². The molecule has 1 aliphatic rings. The molecule has 1 N–H and O–H groups in total. The molecule has 0 spiro atoms. The minimum absolute atomic E-state index is 0.139. The van der Waals surface area contributed by atoms with E-state index in [1.807, 2.05) is 12.1 Å². The van der Waals surface area contributed by atoms with Crippen molar-refractivity contribution in [1.29, 1.82) is 0 Å². The fourth-order valence-corrected chi connectivity index (χ4v) is 2.82. The van der Waals surface area contributed by atoms with Crippen molar-refractivity contribution in [3.05, 3.63) is 58.6 Å². The summed E-state index contributed by atoms with van der Waals surface area (Å²) >= 11 is 5.84. The highest BCUT2D eigenvalue weighted by molar-refractivity contribution is 6.30. The highest BCUT2D eigenvalue weighted by atomic mass is 35.5. The molecule has 1 aliphatic heterocycles. The number of hydrogen-bond acceptors (Lipinski definition) is 3. The van der Waals surface area contributed by atoms with Crippen molar-refractivity contribution in [3.63, 3.8) is 0 Å². The Morgan fingerprint density at radius 1 is 1.13 bits per heavy atom. The molecular formula is C18H19ClN2O2. The van der Waals surface area contributed by atoms with Crippen molar-refractivity contribution in [2.75, 3.05) is 36.5 Å². The van der Waals surface area contributed by atoms with E-state index in [0.717, 1.165) is 37.6 Å². The molecule has 0 unspecified atom stereocenters. The van der Waals surface area contributed by atoms with Gasteiger partial charge in [0.25, 0.3) is 5.91 Å². The number of benzene rings is 2. The monoisotopic (exact) mass is 330 g/mol. The summed E-state index contributed by atoms with van der Waals surface area (Å²) in [5, 5.41) is 3.54. The van der Waals surface area contributed by atoms with Gasteiger partial charge < -0.3 is 15.0 Å². The lowest BCUT2D eigenvalue weighted by atomic mass is 10.1. The average molecular weight is 331 g/mol. The fourth-order valence-electron chi connectivity index (χ4n) is 2.70. The maximum Gasteiger partial charge on any atom is 0.255 e. The summed E-state index contributed by atoms with van der Waals surface area (Å²) in [5.74, 6) is -0.139. The molecule has 0 bridgehead atoms. The number of halogens is 1. The molecule has 0 aromatic heterocycles. The SMILES string of the molecule is Cc1cc(NC(=O)c2ccc(Cl)cc2)ccc1N1CCOCC1. The molecule has 120 valence electrons. The van der Waals surface area contributed by atoms with Crippen molar-refractivity contribution in [2.24, 2.45) is 0 Å².